The van der Waals surface area contributed by atoms with Crippen LogP contribution in [0, 0.1) is 11.3 Å². The predicted molar refractivity (Wildman–Crippen MR) is 56.5 cm³/mol. The molecule has 1 aliphatic heterocycles. The molecule has 1 unspecified atom stereocenters. The Balaban J connectivity index is 2.40. The van der Waals surface area contributed by atoms with Gasteiger partial charge in [0.1, 0.15) is 12.4 Å². The van der Waals surface area contributed by atoms with Gasteiger partial charge in [-0.05, 0) is 12.1 Å². The molecule has 0 bridgehead atoms. The van der Waals surface area contributed by atoms with Gasteiger partial charge in [0.2, 0.25) is 0 Å². The van der Waals surface area contributed by atoms with E-state index in [1.54, 1.807) is 30.1 Å². The van der Waals surface area contributed by atoms with Crippen LogP contribution in [0.15, 0.2) is 18.2 Å². The maximum atomic E-state index is 10.9. The fraction of sp³-hybridized carbons (Fsp3) is 0.273. The first-order valence-electron chi connectivity index (χ1n) is 4.76. The van der Waals surface area contributed by atoms with Gasteiger partial charge in [0, 0.05) is 13.1 Å². The van der Waals surface area contributed by atoms with Crippen LogP contribution in [0.3, 0.4) is 0 Å². The number of fused-ring (bicyclic) bond motifs is 1. The summed E-state index contributed by atoms with van der Waals surface area (Å²) in [4.78, 5) is 12.6. The molecule has 0 spiro atoms. The lowest BCUT2D eigenvalue weighted by Gasteiger charge is -2.33. The Morgan fingerprint density at radius 2 is 2.44 bits per heavy atom. The zero-order valence-corrected chi connectivity index (χ0v) is 8.67. The van der Waals surface area contributed by atoms with E-state index in [2.05, 4.69) is 0 Å². The van der Waals surface area contributed by atoms with Crippen molar-refractivity contribution >= 4 is 11.7 Å². The van der Waals surface area contributed by atoms with Crippen LogP contribution in [0.5, 0.6) is 5.75 Å². The molecule has 5 nitrogen and oxygen atoms in total. The second-order valence-electron chi connectivity index (χ2n) is 3.57. The zero-order valence-electron chi connectivity index (χ0n) is 8.67. The second kappa shape index (κ2) is 3.74. The number of carbonyl (C=O) groups is 1. The van der Waals surface area contributed by atoms with Crippen molar-refractivity contribution in [1.29, 1.82) is 5.26 Å². The minimum atomic E-state index is -0.919. The van der Waals surface area contributed by atoms with E-state index >= 15 is 0 Å². The summed E-state index contributed by atoms with van der Waals surface area (Å²) in [5, 5.41) is 17.7. The number of hydrogen-bond acceptors (Lipinski definition) is 4. The van der Waals surface area contributed by atoms with Crippen LogP contribution in [0.2, 0.25) is 0 Å². The summed E-state index contributed by atoms with van der Waals surface area (Å²) in [6.45, 7) is 0.0910. The van der Waals surface area contributed by atoms with Crippen LogP contribution in [0.4, 0.5) is 5.69 Å². The van der Waals surface area contributed by atoms with Gasteiger partial charge in [-0.2, -0.15) is 5.26 Å². The highest BCUT2D eigenvalue weighted by molar-refractivity contribution is 5.80. The summed E-state index contributed by atoms with van der Waals surface area (Å²) in [6.07, 6.45) is 0. The Bertz CT molecular complexity index is 479. The number of nitrogens with zero attached hydrogens (tertiary/aromatic N) is 2. The van der Waals surface area contributed by atoms with Crippen molar-refractivity contribution < 1.29 is 14.6 Å². The molecule has 0 saturated carbocycles. The van der Waals surface area contributed by atoms with E-state index in [1.807, 2.05) is 6.07 Å². The molecular weight excluding hydrogens is 208 g/mol. The van der Waals surface area contributed by atoms with Gasteiger partial charge >= 0.3 is 5.97 Å². The van der Waals surface area contributed by atoms with Crippen LogP contribution in [0.1, 0.15) is 5.56 Å². The molecule has 0 aromatic heterocycles. The number of likely N-dealkylation sites (N-methyl/N-ethyl adjacent to an activating group) is 1. The van der Waals surface area contributed by atoms with E-state index in [0.29, 0.717) is 17.0 Å². The number of hydrogen-bond donors (Lipinski definition) is 1. The van der Waals surface area contributed by atoms with Crippen molar-refractivity contribution in [3.8, 4) is 11.8 Å². The average Bonchev–Trinajstić information content (AvgIpc) is 2.28. The Hall–Kier alpha value is -2.22. The highest BCUT2D eigenvalue weighted by atomic mass is 16.5. The first-order chi connectivity index (χ1) is 7.63. The average molecular weight is 218 g/mol. The quantitative estimate of drug-likeness (QED) is 0.756. The number of rotatable bonds is 1. The molecule has 0 radical (unpaired) electrons. The number of aliphatic carboxylic acids is 1. The number of nitriles is 1. The predicted octanol–water partition coefficient (Wildman–Crippen LogP) is 0.840. The maximum absolute atomic E-state index is 10.9. The number of ether oxygens (including phenoxy) is 1. The smallest absolute Gasteiger partial charge is 0.329 e. The van der Waals surface area contributed by atoms with Crippen LogP contribution >= 0.6 is 0 Å². The normalized spacial score (nSPS) is 18.2. The second-order valence-corrected chi connectivity index (χ2v) is 3.57. The van der Waals surface area contributed by atoms with E-state index in [-0.39, 0.29) is 6.61 Å². The van der Waals surface area contributed by atoms with Crippen LogP contribution in [0.25, 0.3) is 0 Å². The first kappa shape index (κ1) is 10.3. The van der Waals surface area contributed by atoms with Gasteiger partial charge in [0.15, 0.2) is 6.04 Å². The van der Waals surface area contributed by atoms with E-state index in [9.17, 15) is 4.79 Å². The molecule has 2 rings (SSSR count). The van der Waals surface area contributed by atoms with Gasteiger partial charge in [-0.1, -0.05) is 0 Å². The monoisotopic (exact) mass is 218 g/mol. The third kappa shape index (κ3) is 1.54. The minimum absolute atomic E-state index is 0.0910. The number of benzene rings is 1. The minimum Gasteiger partial charge on any atom is -0.489 e. The Morgan fingerprint density at radius 3 is 3.06 bits per heavy atom. The molecule has 0 fully saturated rings. The number of anilines is 1. The van der Waals surface area contributed by atoms with Crippen LogP contribution in [-0.4, -0.2) is 30.8 Å². The number of carboxylic acid groups (broad SMARTS) is 1. The fourth-order valence-corrected chi connectivity index (χ4v) is 1.68. The number of carboxylic acids is 1. The van der Waals surface area contributed by atoms with E-state index < -0.39 is 12.0 Å². The summed E-state index contributed by atoms with van der Waals surface area (Å²) in [6, 6.07) is 6.29. The Morgan fingerprint density at radius 1 is 1.69 bits per heavy atom. The molecule has 82 valence electrons. The summed E-state index contributed by atoms with van der Waals surface area (Å²) >= 11 is 0. The SMILES string of the molecule is CN1c2ccc(C#N)cc2OCC1C(=O)O. The standard InChI is InChI=1S/C11H10N2O3/c1-13-8-3-2-7(5-12)4-10(8)16-6-9(13)11(14)15/h2-4,9H,6H2,1H3,(H,14,15). The van der Waals surface area contributed by atoms with E-state index in [0.717, 1.165) is 0 Å². The lowest BCUT2D eigenvalue weighted by Crippen LogP contribution is -2.45. The van der Waals surface area contributed by atoms with Crippen LogP contribution < -0.4 is 9.64 Å². The third-order valence-electron chi connectivity index (χ3n) is 2.62. The molecule has 0 saturated heterocycles. The van der Waals surface area contributed by atoms with Crippen molar-refractivity contribution in [3.05, 3.63) is 23.8 Å². The van der Waals surface area contributed by atoms with E-state index in [1.165, 1.54) is 0 Å². The molecule has 0 amide bonds. The Kier molecular flexibility index (Phi) is 2.41. The topological polar surface area (TPSA) is 73.6 Å². The van der Waals surface area contributed by atoms with Gasteiger partial charge in [0.25, 0.3) is 0 Å². The van der Waals surface area contributed by atoms with Gasteiger partial charge < -0.3 is 14.7 Å². The van der Waals surface area contributed by atoms with Crippen molar-refractivity contribution in [2.24, 2.45) is 0 Å². The molecule has 0 aliphatic carbocycles. The van der Waals surface area contributed by atoms with Gasteiger partial charge in [-0.15, -0.1) is 0 Å². The molecule has 1 aliphatic rings. The zero-order chi connectivity index (χ0) is 11.7. The van der Waals surface area contributed by atoms with Gasteiger partial charge in [0.05, 0.1) is 17.3 Å². The fourth-order valence-electron chi connectivity index (χ4n) is 1.68. The Labute approximate surface area is 92.5 Å². The molecule has 1 aromatic rings. The molecule has 1 heterocycles. The molecule has 5 heteroatoms. The summed E-state index contributed by atoms with van der Waals surface area (Å²) < 4.78 is 5.34. The first-order valence-corrected chi connectivity index (χ1v) is 4.76. The third-order valence-corrected chi connectivity index (χ3v) is 2.62. The molecular formula is C11H10N2O3. The highest BCUT2D eigenvalue weighted by Gasteiger charge is 2.30. The van der Waals surface area contributed by atoms with Crippen molar-refractivity contribution in [3.63, 3.8) is 0 Å². The molecule has 16 heavy (non-hydrogen) atoms. The maximum Gasteiger partial charge on any atom is 0.329 e. The lowest BCUT2D eigenvalue weighted by molar-refractivity contribution is -0.139. The molecule has 1 aromatic carbocycles. The van der Waals surface area contributed by atoms with Gasteiger partial charge in [-0.3, -0.25) is 0 Å². The van der Waals surface area contributed by atoms with Gasteiger partial charge in [-0.25, -0.2) is 4.79 Å². The van der Waals surface area contributed by atoms with Crippen molar-refractivity contribution in [1.82, 2.24) is 0 Å². The summed E-state index contributed by atoms with van der Waals surface area (Å²) in [7, 11) is 1.70. The van der Waals surface area contributed by atoms with Crippen molar-refractivity contribution in [2.45, 2.75) is 6.04 Å². The largest absolute Gasteiger partial charge is 0.489 e. The highest BCUT2D eigenvalue weighted by Crippen LogP contribution is 2.33. The van der Waals surface area contributed by atoms with Crippen LogP contribution in [-0.2, 0) is 4.79 Å². The molecule has 1 N–H and O–H groups in total. The molecule has 1 atom stereocenters. The summed E-state index contributed by atoms with van der Waals surface area (Å²) in [5.41, 5.74) is 1.19. The van der Waals surface area contributed by atoms with Crippen molar-refractivity contribution in [2.75, 3.05) is 18.6 Å². The summed E-state index contributed by atoms with van der Waals surface area (Å²) in [5.74, 6) is -0.364. The lowest BCUT2D eigenvalue weighted by atomic mass is 10.1. The van der Waals surface area contributed by atoms with E-state index in [4.69, 9.17) is 15.1 Å².